The highest BCUT2D eigenvalue weighted by Gasteiger charge is 2.18. The molecular weight excluding hydrogens is 279 g/mol. The molecule has 0 rings (SSSR count). The molecular formula is C11H18BrClO2. The van der Waals surface area contributed by atoms with Gasteiger partial charge in [-0.3, -0.25) is 4.79 Å². The van der Waals surface area contributed by atoms with Crippen molar-refractivity contribution in [3.63, 3.8) is 0 Å². The first-order chi connectivity index (χ1) is 7.15. The highest BCUT2D eigenvalue weighted by atomic mass is 79.9. The molecule has 0 radical (unpaired) electrons. The number of aliphatic hydroxyl groups excluding tert-OH is 1. The summed E-state index contributed by atoms with van der Waals surface area (Å²) in [4.78, 5) is 11.1. The summed E-state index contributed by atoms with van der Waals surface area (Å²) >= 11 is 8.64. The van der Waals surface area contributed by atoms with Crippen LogP contribution in [0, 0.1) is 5.92 Å². The monoisotopic (exact) mass is 296 g/mol. The molecule has 0 aromatic rings. The van der Waals surface area contributed by atoms with Gasteiger partial charge in [0.1, 0.15) is 5.78 Å². The molecule has 0 heterocycles. The summed E-state index contributed by atoms with van der Waals surface area (Å²) in [5, 5.41) is 10.1. The maximum absolute atomic E-state index is 11.1. The first-order valence-electron chi connectivity index (χ1n) is 5.10. The third kappa shape index (κ3) is 7.09. The summed E-state index contributed by atoms with van der Waals surface area (Å²) in [5.41, 5.74) is 0. The number of hydrogen-bond donors (Lipinski definition) is 1. The van der Waals surface area contributed by atoms with Crippen LogP contribution in [-0.4, -0.2) is 28.2 Å². The number of carbonyl (C=O) groups is 1. The van der Waals surface area contributed by atoms with Gasteiger partial charge in [0.25, 0.3) is 0 Å². The Morgan fingerprint density at radius 1 is 1.53 bits per heavy atom. The van der Waals surface area contributed by atoms with Gasteiger partial charge in [-0.15, -0.1) is 18.2 Å². The molecule has 0 saturated heterocycles. The summed E-state index contributed by atoms with van der Waals surface area (Å²) in [5.74, 6) is 0.656. The second kappa shape index (κ2) is 9.37. The third-order valence-corrected chi connectivity index (χ3v) is 3.20. The molecule has 15 heavy (non-hydrogen) atoms. The number of hydrogen-bond acceptors (Lipinski definition) is 2. The highest BCUT2D eigenvalue weighted by Crippen LogP contribution is 2.17. The van der Waals surface area contributed by atoms with E-state index in [-0.39, 0.29) is 18.1 Å². The maximum atomic E-state index is 11.1. The molecule has 0 aliphatic heterocycles. The molecule has 0 bridgehead atoms. The number of rotatable bonds is 9. The molecule has 1 N–H and O–H groups in total. The predicted octanol–water partition coefficient (Wildman–Crippen LogP) is 2.91. The fourth-order valence-electron chi connectivity index (χ4n) is 1.38. The molecule has 88 valence electrons. The molecule has 2 atom stereocenters. The normalized spacial score (nSPS) is 14.6. The van der Waals surface area contributed by atoms with Crippen molar-refractivity contribution in [2.45, 2.75) is 31.8 Å². The maximum Gasteiger partial charge on any atom is 0.145 e. The smallest absolute Gasteiger partial charge is 0.145 e. The number of alkyl halides is 2. The second-order valence-corrected chi connectivity index (χ2v) is 4.47. The summed E-state index contributed by atoms with van der Waals surface area (Å²) in [7, 11) is 0. The third-order valence-electron chi connectivity index (χ3n) is 2.30. The Kier molecular flexibility index (Phi) is 9.46. The van der Waals surface area contributed by atoms with Crippen LogP contribution < -0.4 is 0 Å². The number of unbranched alkanes of at least 4 members (excludes halogenated alkanes) is 1. The molecule has 4 heteroatoms. The number of aliphatic hydroxyl groups is 1. The van der Waals surface area contributed by atoms with Crippen LogP contribution in [0.2, 0.25) is 0 Å². The minimum atomic E-state index is -0.608. The molecule has 0 spiro atoms. The number of Topliss-reactive ketones (excluding diaryl/α,β-unsaturated/α-hetero) is 1. The van der Waals surface area contributed by atoms with E-state index in [1.54, 1.807) is 6.08 Å². The van der Waals surface area contributed by atoms with Crippen LogP contribution in [0.1, 0.15) is 25.7 Å². The van der Waals surface area contributed by atoms with Crippen LogP contribution in [0.4, 0.5) is 0 Å². The van der Waals surface area contributed by atoms with Gasteiger partial charge in [0.05, 0.1) is 11.4 Å². The molecule has 0 saturated carbocycles. The molecule has 0 aliphatic rings. The van der Waals surface area contributed by atoms with Crippen molar-refractivity contribution in [2.75, 3.05) is 11.2 Å². The summed E-state index contributed by atoms with van der Waals surface area (Å²) in [6.07, 6.45) is 4.05. The van der Waals surface area contributed by atoms with E-state index in [9.17, 15) is 9.90 Å². The lowest BCUT2D eigenvalue weighted by Crippen LogP contribution is -2.22. The van der Waals surface area contributed by atoms with Crippen LogP contribution in [0.15, 0.2) is 12.7 Å². The average Bonchev–Trinajstić information content (AvgIpc) is 2.24. The fraction of sp³-hybridized carbons (Fsp3) is 0.727. The Bertz CT molecular complexity index is 197. The van der Waals surface area contributed by atoms with E-state index in [0.717, 1.165) is 19.3 Å². The zero-order valence-electron chi connectivity index (χ0n) is 8.79. The highest BCUT2D eigenvalue weighted by molar-refractivity contribution is 9.09. The van der Waals surface area contributed by atoms with Gasteiger partial charge in [0, 0.05) is 18.2 Å². The van der Waals surface area contributed by atoms with E-state index in [0.29, 0.717) is 11.2 Å². The molecule has 0 fully saturated rings. The standard InChI is InChI=1S/C11H18BrClO2/c1-2-9(5-3-4-6-13)11(15)7-10(14)8-12/h2,9,11,15H,1,3-8H2/t9?,11-/m0/s1. The number of halogens is 2. The van der Waals surface area contributed by atoms with Crippen molar-refractivity contribution in [3.8, 4) is 0 Å². The average molecular weight is 298 g/mol. The summed E-state index contributed by atoms with van der Waals surface area (Å²) in [6.45, 7) is 3.68. The zero-order valence-corrected chi connectivity index (χ0v) is 11.1. The molecule has 0 aromatic heterocycles. The minimum absolute atomic E-state index is 0.00350. The topological polar surface area (TPSA) is 37.3 Å². The number of carbonyl (C=O) groups excluding carboxylic acids is 1. The SMILES string of the molecule is C=CC(CCCCCl)[C@@H](O)CC(=O)CBr. The van der Waals surface area contributed by atoms with E-state index in [1.165, 1.54) is 0 Å². The van der Waals surface area contributed by atoms with E-state index in [1.807, 2.05) is 0 Å². The van der Waals surface area contributed by atoms with Crippen LogP contribution in [-0.2, 0) is 4.79 Å². The Morgan fingerprint density at radius 3 is 2.67 bits per heavy atom. The summed E-state index contributed by atoms with van der Waals surface area (Å²) in [6, 6.07) is 0. The van der Waals surface area contributed by atoms with Gasteiger partial charge < -0.3 is 5.11 Å². The predicted molar refractivity (Wildman–Crippen MR) is 67.7 cm³/mol. The Balaban J connectivity index is 3.92. The lowest BCUT2D eigenvalue weighted by atomic mass is 9.93. The first kappa shape index (κ1) is 15.1. The second-order valence-electron chi connectivity index (χ2n) is 3.53. The Morgan fingerprint density at radius 2 is 2.20 bits per heavy atom. The number of ketones is 1. The van der Waals surface area contributed by atoms with Gasteiger partial charge in [-0.05, 0) is 12.8 Å². The van der Waals surface area contributed by atoms with Crippen molar-refractivity contribution >= 4 is 33.3 Å². The molecule has 0 aromatic carbocycles. The van der Waals surface area contributed by atoms with Crippen molar-refractivity contribution in [1.29, 1.82) is 0 Å². The Hall–Kier alpha value is 0.140. The van der Waals surface area contributed by atoms with Gasteiger partial charge in [0.15, 0.2) is 0 Å². The van der Waals surface area contributed by atoms with Gasteiger partial charge in [-0.1, -0.05) is 28.4 Å². The lowest BCUT2D eigenvalue weighted by molar-refractivity contribution is -0.118. The van der Waals surface area contributed by atoms with Crippen LogP contribution in [0.3, 0.4) is 0 Å². The van der Waals surface area contributed by atoms with E-state index in [2.05, 4.69) is 22.5 Å². The van der Waals surface area contributed by atoms with Crippen molar-refractivity contribution < 1.29 is 9.90 Å². The van der Waals surface area contributed by atoms with E-state index < -0.39 is 6.10 Å². The van der Waals surface area contributed by atoms with E-state index >= 15 is 0 Å². The first-order valence-corrected chi connectivity index (χ1v) is 6.75. The van der Waals surface area contributed by atoms with Gasteiger partial charge in [-0.25, -0.2) is 0 Å². The van der Waals surface area contributed by atoms with Crippen molar-refractivity contribution in [2.24, 2.45) is 5.92 Å². The molecule has 2 nitrogen and oxygen atoms in total. The van der Waals surface area contributed by atoms with Gasteiger partial charge in [-0.2, -0.15) is 0 Å². The largest absolute Gasteiger partial charge is 0.392 e. The van der Waals surface area contributed by atoms with Gasteiger partial charge >= 0.3 is 0 Å². The van der Waals surface area contributed by atoms with Gasteiger partial charge in [0.2, 0.25) is 0 Å². The summed E-state index contributed by atoms with van der Waals surface area (Å²) < 4.78 is 0. The molecule has 0 aliphatic carbocycles. The van der Waals surface area contributed by atoms with Crippen LogP contribution in [0.25, 0.3) is 0 Å². The van der Waals surface area contributed by atoms with E-state index in [4.69, 9.17) is 11.6 Å². The molecule has 1 unspecified atom stereocenters. The quantitative estimate of drug-likeness (QED) is 0.404. The molecule has 0 amide bonds. The fourth-order valence-corrected chi connectivity index (χ4v) is 1.80. The minimum Gasteiger partial charge on any atom is -0.392 e. The van der Waals surface area contributed by atoms with Crippen LogP contribution in [0.5, 0.6) is 0 Å². The lowest BCUT2D eigenvalue weighted by Gasteiger charge is -2.18. The van der Waals surface area contributed by atoms with Crippen molar-refractivity contribution in [1.82, 2.24) is 0 Å². The van der Waals surface area contributed by atoms with Crippen molar-refractivity contribution in [3.05, 3.63) is 12.7 Å². The Labute approximate surface area is 105 Å². The van der Waals surface area contributed by atoms with Crippen LogP contribution >= 0.6 is 27.5 Å². The zero-order chi connectivity index (χ0) is 11.7.